The number of nitrogens with zero attached hydrogens (tertiary/aromatic N) is 1. The number of rotatable bonds is 3. The Hall–Kier alpha value is -2.53. The molecular weight excluding hydrogens is 280 g/mol. The molecule has 5 heteroatoms. The number of fused-ring (bicyclic) bond motifs is 1. The van der Waals surface area contributed by atoms with E-state index >= 15 is 0 Å². The topological polar surface area (TPSA) is 75.8 Å². The van der Waals surface area contributed by atoms with Crippen LogP contribution in [0.15, 0.2) is 42.5 Å². The van der Waals surface area contributed by atoms with E-state index in [0.29, 0.717) is 30.0 Å². The van der Waals surface area contributed by atoms with Gasteiger partial charge in [0.2, 0.25) is 0 Å². The quantitative estimate of drug-likeness (QED) is 0.674. The summed E-state index contributed by atoms with van der Waals surface area (Å²) in [7, 11) is 1.55. The third-order valence-corrected chi connectivity index (χ3v) is 3.98. The largest absolute Gasteiger partial charge is 0.497 e. The molecule has 2 aromatic rings. The SMILES string of the molecule is COc1ccc2c(c1)N(O)C(=O)[C@@H](Cc1cccc(N)c1)C2. The van der Waals surface area contributed by atoms with E-state index in [9.17, 15) is 10.0 Å². The summed E-state index contributed by atoms with van der Waals surface area (Å²) >= 11 is 0. The van der Waals surface area contributed by atoms with Crippen LogP contribution in [0, 0.1) is 5.92 Å². The standard InChI is InChI=1S/C17H18N2O3/c1-22-15-6-5-12-9-13(17(20)19(21)16(12)10-15)7-11-3-2-4-14(18)8-11/h2-6,8,10,13,21H,7,9,18H2,1H3/t13-/m0/s1. The summed E-state index contributed by atoms with van der Waals surface area (Å²) < 4.78 is 5.14. The van der Waals surface area contributed by atoms with Gasteiger partial charge in [-0.25, -0.2) is 0 Å². The number of hydrogen-bond acceptors (Lipinski definition) is 4. The highest BCUT2D eigenvalue weighted by molar-refractivity contribution is 5.96. The molecule has 0 saturated heterocycles. The Balaban J connectivity index is 1.87. The fraction of sp³-hybridized carbons (Fsp3) is 0.235. The van der Waals surface area contributed by atoms with Crippen LogP contribution in [-0.4, -0.2) is 18.2 Å². The van der Waals surface area contributed by atoms with E-state index in [1.807, 2.05) is 36.4 Å². The van der Waals surface area contributed by atoms with Gasteiger partial charge in [-0.2, -0.15) is 5.06 Å². The molecule has 0 fully saturated rings. The molecule has 1 heterocycles. The van der Waals surface area contributed by atoms with Crippen molar-refractivity contribution in [3.63, 3.8) is 0 Å². The maximum Gasteiger partial charge on any atom is 0.254 e. The molecule has 1 atom stereocenters. The van der Waals surface area contributed by atoms with Crippen LogP contribution in [0.1, 0.15) is 11.1 Å². The fourth-order valence-electron chi connectivity index (χ4n) is 2.85. The zero-order valence-corrected chi connectivity index (χ0v) is 12.3. The monoisotopic (exact) mass is 298 g/mol. The molecule has 0 aromatic heterocycles. The number of nitrogen functional groups attached to an aromatic ring is 1. The van der Waals surface area contributed by atoms with E-state index in [4.69, 9.17) is 10.5 Å². The van der Waals surface area contributed by atoms with Gasteiger partial charge in [0.05, 0.1) is 12.8 Å². The van der Waals surface area contributed by atoms with Crippen molar-refractivity contribution in [1.82, 2.24) is 0 Å². The third-order valence-electron chi connectivity index (χ3n) is 3.98. The van der Waals surface area contributed by atoms with Crippen LogP contribution < -0.4 is 15.5 Å². The number of ether oxygens (including phenoxy) is 1. The molecule has 3 N–H and O–H groups in total. The van der Waals surface area contributed by atoms with Crippen LogP contribution in [0.3, 0.4) is 0 Å². The molecule has 5 nitrogen and oxygen atoms in total. The summed E-state index contributed by atoms with van der Waals surface area (Å²) in [6.07, 6.45) is 1.14. The van der Waals surface area contributed by atoms with Gasteiger partial charge < -0.3 is 10.5 Å². The first-order valence-electron chi connectivity index (χ1n) is 7.12. The highest BCUT2D eigenvalue weighted by atomic mass is 16.5. The minimum atomic E-state index is -0.303. The lowest BCUT2D eigenvalue weighted by molar-refractivity contribution is -0.128. The number of methoxy groups -OCH3 is 1. The van der Waals surface area contributed by atoms with Gasteiger partial charge in [-0.3, -0.25) is 10.0 Å². The lowest BCUT2D eigenvalue weighted by atomic mass is 9.88. The van der Waals surface area contributed by atoms with E-state index in [1.54, 1.807) is 13.2 Å². The number of amides is 1. The zero-order valence-electron chi connectivity index (χ0n) is 12.3. The summed E-state index contributed by atoms with van der Waals surface area (Å²) in [4.78, 5) is 12.4. The van der Waals surface area contributed by atoms with Gasteiger partial charge in [0.25, 0.3) is 5.91 Å². The van der Waals surface area contributed by atoms with Crippen molar-refractivity contribution in [2.24, 2.45) is 5.92 Å². The van der Waals surface area contributed by atoms with Gasteiger partial charge in [0, 0.05) is 17.7 Å². The average Bonchev–Trinajstić information content (AvgIpc) is 2.52. The third kappa shape index (κ3) is 2.63. The molecule has 0 unspecified atom stereocenters. The summed E-state index contributed by atoms with van der Waals surface area (Å²) in [5.41, 5.74) is 8.86. The van der Waals surface area contributed by atoms with Gasteiger partial charge in [-0.15, -0.1) is 0 Å². The average molecular weight is 298 g/mol. The van der Waals surface area contributed by atoms with E-state index < -0.39 is 0 Å². The number of hydroxylamine groups is 1. The van der Waals surface area contributed by atoms with Crippen molar-refractivity contribution in [2.45, 2.75) is 12.8 Å². The lowest BCUT2D eigenvalue weighted by Gasteiger charge is -2.30. The Labute approximate surface area is 128 Å². The molecule has 114 valence electrons. The first-order valence-corrected chi connectivity index (χ1v) is 7.12. The Morgan fingerprint density at radius 3 is 2.86 bits per heavy atom. The maximum atomic E-state index is 12.4. The number of carbonyl (C=O) groups is 1. The smallest absolute Gasteiger partial charge is 0.254 e. The molecule has 1 amide bonds. The van der Waals surface area contributed by atoms with Crippen LogP contribution in [0.25, 0.3) is 0 Å². The molecule has 0 bridgehead atoms. The highest BCUT2D eigenvalue weighted by Crippen LogP contribution is 2.33. The molecule has 0 radical (unpaired) electrons. The lowest BCUT2D eigenvalue weighted by Crippen LogP contribution is -2.40. The number of hydrogen-bond donors (Lipinski definition) is 2. The Bertz CT molecular complexity index is 715. The number of benzene rings is 2. The van der Waals surface area contributed by atoms with Crippen molar-refractivity contribution in [2.75, 3.05) is 17.9 Å². The first kappa shape index (κ1) is 14.4. The van der Waals surface area contributed by atoms with E-state index in [-0.39, 0.29) is 11.8 Å². The first-order chi connectivity index (χ1) is 10.6. The van der Waals surface area contributed by atoms with E-state index in [0.717, 1.165) is 16.2 Å². The minimum Gasteiger partial charge on any atom is -0.497 e. The second-order valence-corrected chi connectivity index (χ2v) is 5.49. The number of nitrogens with two attached hydrogens (primary N) is 1. The zero-order chi connectivity index (χ0) is 15.7. The summed E-state index contributed by atoms with van der Waals surface area (Å²) in [5, 5.41) is 10.9. The Kier molecular flexibility index (Phi) is 3.73. The Morgan fingerprint density at radius 1 is 1.32 bits per heavy atom. The number of anilines is 2. The molecule has 0 aliphatic carbocycles. The molecule has 1 aliphatic rings. The van der Waals surface area contributed by atoms with Crippen molar-refractivity contribution < 1.29 is 14.7 Å². The number of carbonyl (C=O) groups excluding carboxylic acids is 1. The minimum absolute atomic E-state index is 0.298. The molecule has 22 heavy (non-hydrogen) atoms. The fourth-order valence-corrected chi connectivity index (χ4v) is 2.85. The van der Waals surface area contributed by atoms with Gasteiger partial charge in [0.1, 0.15) is 5.75 Å². The molecule has 2 aromatic carbocycles. The van der Waals surface area contributed by atoms with E-state index in [2.05, 4.69) is 0 Å². The predicted molar refractivity (Wildman–Crippen MR) is 84.0 cm³/mol. The van der Waals surface area contributed by atoms with Crippen LogP contribution in [0.2, 0.25) is 0 Å². The second-order valence-electron chi connectivity index (χ2n) is 5.49. The molecule has 0 spiro atoms. The van der Waals surface area contributed by atoms with Crippen molar-refractivity contribution in [3.8, 4) is 5.75 Å². The van der Waals surface area contributed by atoms with Gasteiger partial charge >= 0.3 is 0 Å². The van der Waals surface area contributed by atoms with Crippen LogP contribution in [-0.2, 0) is 17.6 Å². The van der Waals surface area contributed by atoms with Gasteiger partial charge in [-0.1, -0.05) is 18.2 Å². The molecule has 1 aliphatic heterocycles. The summed E-state index contributed by atoms with van der Waals surface area (Å²) in [6, 6.07) is 12.9. The Morgan fingerprint density at radius 2 is 2.14 bits per heavy atom. The van der Waals surface area contributed by atoms with Crippen LogP contribution in [0.4, 0.5) is 11.4 Å². The summed E-state index contributed by atoms with van der Waals surface area (Å²) in [6.45, 7) is 0. The highest BCUT2D eigenvalue weighted by Gasteiger charge is 2.32. The van der Waals surface area contributed by atoms with Crippen LogP contribution in [0.5, 0.6) is 5.75 Å². The molecule has 0 saturated carbocycles. The molecule has 3 rings (SSSR count). The van der Waals surface area contributed by atoms with Crippen molar-refractivity contribution in [1.29, 1.82) is 0 Å². The van der Waals surface area contributed by atoms with Crippen molar-refractivity contribution in [3.05, 3.63) is 53.6 Å². The van der Waals surface area contributed by atoms with Gasteiger partial charge in [-0.05, 0) is 42.2 Å². The van der Waals surface area contributed by atoms with Crippen LogP contribution >= 0.6 is 0 Å². The molecular formula is C17H18N2O3. The predicted octanol–water partition coefficient (Wildman–Crippen LogP) is 2.41. The van der Waals surface area contributed by atoms with E-state index in [1.165, 1.54) is 0 Å². The van der Waals surface area contributed by atoms with Crippen molar-refractivity contribution >= 4 is 17.3 Å². The summed E-state index contributed by atoms with van der Waals surface area (Å²) in [5.74, 6) is 0.00996. The second kappa shape index (κ2) is 5.69. The van der Waals surface area contributed by atoms with Gasteiger partial charge in [0.15, 0.2) is 0 Å². The maximum absolute atomic E-state index is 12.4. The normalized spacial score (nSPS) is 17.3.